The zero-order valence-corrected chi connectivity index (χ0v) is 14.2. The molecule has 114 valence electrons. The first-order chi connectivity index (χ1) is 10.2. The van der Waals surface area contributed by atoms with Gasteiger partial charge in [0.15, 0.2) is 0 Å². The number of methoxy groups -OCH3 is 1. The van der Waals surface area contributed by atoms with E-state index < -0.39 is 0 Å². The zero-order chi connectivity index (χ0) is 15.1. The average molecular weight is 351 g/mol. The van der Waals surface area contributed by atoms with Gasteiger partial charge >= 0.3 is 5.97 Å². The molecule has 2 nitrogen and oxygen atoms in total. The van der Waals surface area contributed by atoms with E-state index in [1.165, 1.54) is 49.3 Å². The molecule has 0 saturated heterocycles. The Labute approximate surface area is 135 Å². The maximum absolute atomic E-state index is 11.4. The van der Waals surface area contributed by atoms with Gasteiger partial charge in [-0.1, -0.05) is 47.0 Å². The molecule has 21 heavy (non-hydrogen) atoms. The highest BCUT2D eigenvalue weighted by Gasteiger charge is 2.14. The Morgan fingerprint density at radius 1 is 1.24 bits per heavy atom. The summed E-state index contributed by atoms with van der Waals surface area (Å²) in [6.45, 7) is 0. The second kappa shape index (κ2) is 8.38. The highest BCUT2D eigenvalue weighted by Crippen LogP contribution is 2.31. The molecule has 2 rings (SSSR count). The molecule has 0 amide bonds. The number of rotatable bonds is 4. The van der Waals surface area contributed by atoms with Gasteiger partial charge in [-0.15, -0.1) is 0 Å². The number of ether oxygens (including phenoxy) is 1. The third-order valence-electron chi connectivity index (χ3n) is 4.14. The van der Waals surface area contributed by atoms with Crippen molar-refractivity contribution < 1.29 is 9.53 Å². The molecule has 1 aliphatic rings. The van der Waals surface area contributed by atoms with Crippen molar-refractivity contribution in [3.63, 3.8) is 0 Å². The van der Waals surface area contributed by atoms with Crippen molar-refractivity contribution in [3.05, 3.63) is 46.0 Å². The third kappa shape index (κ3) is 4.99. The molecular weight excluding hydrogens is 328 g/mol. The lowest BCUT2D eigenvalue weighted by Crippen LogP contribution is -2.05. The van der Waals surface area contributed by atoms with Gasteiger partial charge in [0.05, 0.1) is 12.7 Å². The Kier molecular flexibility index (Phi) is 6.50. The van der Waals surface area contributed by atoms with Crippen LogP contribution in [0.25, 0.3) is 0 Å². The number of aryl methyl sites for hydroxylation is 1. The summed E-state index contributed by atoms with van der Waals surface area (Å²) in [7, 11) is 1.41. The first kappa shape index (κ1) is 16.3. The van der Waals surface area contributed by atoms with Gasteiger partial charge in [0.1, 0.15) is 0 Å². The van der Waals surface area contributed by atoms with E-state index in [1.807, 2.05) is 24.3 Å². The molecule has 1 atom stereocenters. The highest BCUT2D eigenvalue weighted by molar-refractivity contribution is 9.11. The van der Waals surface area contributed by atoms with Gasteiger partial charge < -0.3 is 4.74 Å². The van der Waals surface area contributed by atoms with Gasteiger partial charge in [-0.25, -0.2) is 4.79 Å². The van der Waals surface area contributed by atoms with Gasteiger partial charge in [-0.2, -0.15) is 0 Å². The van der Waals surface area contributed by atoms with Crippen LogP contribution in [0.15, 0.2) is 34.8 Å². The van der Waals surface area contributed by atoms with Crippen LogP contribution in [-0.4, -0.2) is 13.1 Å². The lowest BCUT2D eigenvalue weighted by atomic mass is 9.91. The fourth-order valence-electron chi connectivity index (χ4n) is 2.80. The van der Waals surface area contributed by atoms with E-state index in [-0.39, 0.29) is 5.97 Å². The molecule has 1 aliphatic carbocycles. The van der Waals surface area contributed by atoms with E-state index in [9.17, 15) is 4.79 Å². The molecule has 0 N–H and O–H groups in total. The molecule has 0 radical (unpaired) electrons. The third-order valence-corrected chi connectivity index (χ3v) is 5.11. The fraction of sp³-hybridized carbons (Fsp3) is 0.500. The second-order valence-electron chi connectivity index (χ2n) is 5.65. The second-order valence-corrected chi connectivity index (χ2v) is 6.57. The molecular formula is C18H23BrO2. The topological polar surface area (TPSA) is 26.3 Å². The number of hydrogen-bond donors (Lipinski definition) is 0. The van der Waals surface area contributed by atoms with Gasteiger partial charge in [0.25, 0.3) is 0 Å². The summed E-state index contributed by atoms with van der Waals surface area (Å²) in [5.74, 6) is 0.373. The fourth-order valence-corrected chi connectivity index (χ4v) is 3.49. The van der Waals surface area contributed by atoms with Crippen LogP contribution < -0.4 is 0 Å². The van der Waals surface area contributed by atoms with Crippen LogP contribution in [0.3, 0.4) is 0 Å². The number of esters is 1. The van der Waals surface area contributed by atoms with Gasteiger partial charge in [-0.3, -0.25) is 0 Å². The number of carbonyl (C=O) groups excluding carboxylic acids is 1. The molecule has 0 spiro atoms. The average Bonchev–Trinajstić information content (AvgIpc) is 2.50. The van der Waals surface area contributed by atoms with Crippen molar-refractivity contribution in [2.75, 3.05) is 7.11 Å². The van der Waals surface area contributed by atoms with E-state index >= 15 is 0 Å². The number of benzene rings is 1. The van der Waals surface area contributed by atoms with Crippen molar-refractivity contribution in [1.82, 2.24) is 0 Å². The molecule has 1 aromatic carbocycles. The molecule has 0 bridgehead atoms. The first-order valence-electron chi connectivity index (χ1n) is 7.73. The maximum Gasteiger partial charge on any atom is 0.337 e. The number of hydrogen-bond acceptors (Lipinski definition) is 2. The minimum absolute atomic E-state index is 0.271. The first-order valence-corrected chi connectivity index (χ1v) is 8.53. The largest absolute Gasteiger partial charge is 0.465 e. The van der Waals surface area contributed by atoms with Crippen LogP contribution in [0, 0.1) is 5.92 Å². The quantitative estimate of drug-likeness (QED) is 0.691. The summed E-state index contributed by atoms with van der Waals surface area (Å²) < 4.78 is 6.10. The predicted molar refractivity (Wildman–Crippen MR) is 89.7 cm³/mol. The summed E-state index contributed by atoms with van der Waals surface area (Å²) in [6, 6.07) is 7.77. The van der Waals surface area contributed by atoms with Crippen molar-refractivity contribution in [1.29, 1.82) is 0 Å². The summed E-state index contributed by atoms with van der Waals surface area (Å²) >= 11 is 3.75. The molecule has 0 heterocycles. The van der Waals surface area contributed by atoms with Crippen LogP contribution in [-0.2, 0) is 11.2 Å². The van der Waals surface area contributed by atoms with Crippen LogP contribution in [0.5, 0.6) is 0 Å². The van der Waals surface area contributed by atoms with Gasteiger partial charge in [-0.05, 0) is 60.2 Å². The van der Waals surface area contributed by atoms with Crippen LogP contribution >= 0.6 is 15.9 Å². The molecule has 3 heteroatoms. The van der Waals surface area contributed by atoms with E-state index in [1.54, 1.807) is 0 Å². The lowest BCUT2D eigenvalue weighted by molar-refractivity contribution is 0.0600. The number of allylic oxidation sites excluding steroid dienone is 2. The molecule has 0 aromatic heterocycles. The predicted octanol–water partition coefficient (Wildman–Crippen LogP) is 5.26. The van der Waals surface area contributed by atoms with Crippen LogP contribution in [0.2, 0.25) is 0 Å². The minimum Gasteiger partial charge on any atom is -0.465 e. The highest BCUT2D eigenvalue weighted by atomic mass is 79.9. The Morgan fingerprint density at radius 2 is 2.00 bits per heavy atom. The van der Waals surface area contributed by atoms with Gasteiger partial charge in [0, 0.05) is 0 Å². The molecule has 1 unspecified atom stereocenters. The molecule has 0 saturated carbocycles. The van der Waals surface area contributed by atoms with E-state index in [2.05, 4.69) is 22.0 Å². The van der Waals surface area contributed by atoms with E-state index in [0.29, 0.717) is 11.5 Å². The standard InChI is InChI=1S/C18H23BrO2/c1-21-18(20)16-12-9-14(10-13-16)8-11-15-6-4-2-3-5-7-17(15)19/h7,9-10,12-13,15H,2-6,8,11H2,1H3/b17-7-. The van der Waals surface area contributed by atoms with E-state index in [4.69, 9.17) is 4.74 Å². The van der Waals surface area contributed by atoms with Gasteiger partial charge in [0.2, 0.25) is 0 Å². The smallest absolute Gasteiger partial charge is 0.337 e. The van der Waals surface area contributed by atoms with Crippen molar-refractivity contribution in [2.45, 2.75) is 44.9 Å². The number of carbonyl (C=O) groups is 1. The summed E-state index contributed by atoms with van der Waals surface area (Å²) in [6.07, 6.45) is 11.0. The van der Waals surface area contributed by atoms with Crippen molar-refractivity contribution in [2.24, 2.45) is 5.92 Å². The lowest BCUT2D eigenvalue weighted by Gasteiger charge is -2.19. The summed E-state index contributed by atoms with van der Waals surface area (Å²) in [4.78, 5) is 11.4. The van der Waals surface area contributed by atoms with Crippen molar-refractivity contribution >= 4 is 21.9 Å². The zero-order valence-electron chi connectivity index (χ0n) is 12.6. The molecule has 0 aliphatic heterocycles. The SMILES string of the molecule is COC(=O)c1ccc(CCC2CCCCC/C=C/2Br)cc1. The summed E-state index contributed by atoms with van der Waals surface area (Å²) in [5.41, 5.74) is 1.90. The Bertz CT molecular complexity index is 490. The Hall–Kier alpha value is -1.09. The van der Waals surface area contributed by atoms with E-state index in [0.717, 1.165) is 12.8 Å². The van der Waals surface area contributed by atoms with Crippen molar-refractivity contribution in [3.8, 4) is 0 Å². The van der Waals surface area contributed by atoms with Crippen LogP contribution in [0.4, 0.5) is 0 Å². The Balaban J connectivity index is 1.92. The Morgan fingerprint density at radius 3 is 2.71 bits per heavy atom. The monoisotopic (exact) mass is 350 g/mol. The summed E-state index contributed by atoms with van der Waals surface area (Å²) in [5, 5.41) is 0. The minimum atomic E-state index is -0.271. The maximum atomic E-state index is 11.4. The molecule has 0 fully saturated rings. The normalized spacial score (nSPS) is 21.8. The van der Waals surface area contributed by atoms with Crippen LogP contribution in [0.1, 0.15) is 54.4 Å². The molecule has 1 aromatic rings. The number of halogens is 1.